The first-order valence-corrected chi connectivity index (χ1v) is 5.27. The molecule has 2 aromatic rings. The minimum Gasteiger partial charge on any atom is -0.478 e. The van der Waals surface area contributed by atoms with Gasteiger partial charge in [-0.1, -0.05) is 12.1 Å². The smallest absolute Gasteiger partial charge is 0.335 e. The summed E-state index contributed by atoms with van der Waals surface area (Å²) in [6.07, 6.45) is 2.24. The van der Waals surface area contributed by atoms with E-state index >= 15 is 0 Å². The van der Waals surface area contributed by atoms with Crippen LogP contribution in [0.1, 0.15) is 20.0 Å². The highest BCUT2D eigenvalue weighted by atomic mass is 32.1. The van der Waals surface area contributed by atoms with E-state index in [0.29, 0.717) is 9.88 Å². The molecule has 0 unspecified atom stereocenters. The molecular formula is C11H7NO3S. The van der Waals surface area contributed by atoms with Crippen LogP contribution in [-0.2, 0) is 0 Å². The number of aromatic carboxylic acids is 1. The van der Waals surface area contributed by atoms with Gasteiger partial charge in [-0.2, -0.15) is 0 Å². The van der Waals surface area contributed by atoms with Crippen LogP contribution in [0, 0.1) is 0 Å². The van der Waals surface area contributed by atoms with Gasteiger partial charge >= 0.3 is 5.97 Å². The first-order valence-electron chi connectivity index (χ1n) is 4.45. The number of hydrogen-bond donors (Lipinski definition) is 1. The lowest BCUT2D eigenvalue weighted by molar-refractivity contribution is 0.0696. The summed E-state index contributed by atoms with van der Waals surface area (Å²) in [5.74, 6) is -0.959. The third-order valence-corrected chi connectivity index (χ3v) is 2.99. The number of nitrogens with zero attached hydrogens (tertiary/aromatic N) is 1. The van der Waals surface area contributed by atoms with Crippen LogP contribution in [0.15, 0.2) is 30.5 Å². The van der Waals surface area contributed by atoms with E-state index in [1.54, 1.807) is 12.1 Å². The molecule has 16 heavy (non-hydrogen) atoms. The lowest BCUT2D eigenvalue weighted by Crippen LogP contribution is -1.94. The maximum atomic E-state index is 10.6. The zero-order valence-corrected chi connectivity index (χ0v) is 8.90. The normalized spacial score (nSPS) is 10.0. The molecule has 4 nitrogen and oxygen atoms in total. The van der Waals surface area contributed by atoms with E-state index in [-0.39, 0.29) is 5.56 Å². The van der Waals surface area contributed by atoms with Crippen molar-refractivity contribution in [1.29, 1.82) is 0 Å². The molecule has 1 aromatic carbocycles. The van der Waals surface area contributed by atoms with Gasteiger partial charge in [0.1, 0.15) is 5.01 Å². The summed E-state index contributed by atoms with van der Waals surface area (Å²) in [7, 11) is 0. The van der Waals surface area contributed by atoms with E-state index in [9.17, 15) is 9.59 Å². The summed E-state index contributed by atoms with van der Waals surface area (Å²) in [5, 5.41) is 9.44. The number of benzene rings is 1. The van der Waals surface area contributed by atoms with Crippen LogP contribution in [0.25, 0.3) is 10.6 Å². The molecule has 1 N–H and O–H groups in total. The fraction of sp³-hybridized carbons (Fsp3) is 0. The maximum Gasteiger partial charge on any atom is 0.335 e. The minimum absolute atomic E-state index is 0.232. The first-order chi connectivity index (χ1) is 7.70. The van der Waals surface area contributed by atoms with Crippen LogP contribution in [0.2, 0.25) is 0 Å². The molecule has 5 heteroatoms. The number of rotatable bonds is 3. The van der Waals surface area contributed by atoms with Crippen LogP contribution in [0.3, 0.4) is 0 Å². The Morgan fingerprint density at radius 1 is 1.31 bits per heavy atom. The molecule has 80 valence electrons. The van der Waals surface area contributed by atoms with Gasteiger partial charge in [0, 0.05) is 11.8 Å². The number of aldehydes is 1. The van der Waals surface area contributed by atoms with Gasteiger partial charge in [-0.3, -0.25) is 4.79 Å². The van der Waals surface area contributed by atoms with Gasteiger partial charge in [-0.15, -0.1) is 11.3 Å². The molecule has 0 fully saturated rings. The molecule has 0 bridgehead atoms. The Hall–Kier alpha value is -2.01. The van der Waals surface area contributed by atoms with E-state index < -0.39 is 5.97 Å². The highest BCUT2D eigenvalue weighted by molar-refractivity contribution is 7.16. The average molecular weight is 233 g/mol. The van der Waals surface area contributed by atoms with E-state index in [2.05, 4.69) is 4.98 Å². The molecule has 2 rings (SSSR count). The van der Waals surface area contributed by atoms with Crippen molar-refractivity contribution in [2.75, 3.05) is 0 Å². The van der Waals surface area contributed by atoms with Crippen molar-refractivity contribution in [3.8, 4) is 10.6 Å². The molecule has 0 spiro atoms. The van der Waals surface area contributed by atoms with Crippen LogP contribution < -0.4 is 0 Å². The SMILES string of the molecule is O=Cc1cnc(-c2ccc(C(=O)O)cc2)s1. The highest BCUT2D eigenvalue weighted by Gasteiger charge is 2.06. The summed E-state index contributed by atoms with van der Waals surface area (Å²) >= 11 is 1.27. The van der Waals surface area contributed by atoms with Gasteiger partial charge in [0.05, 0.1) is 10.4 Å². The summed E-state index contributed by atoms with van der Waals surface area (Å²) in [4.78, 5) is 25.8. The van der Waals surface area contributed by atoms with Gasteiger partial charge in [0.2, 0.25) is 0 Å². The maximum absolute atomic E-state index is 10.6. The van der Waals surface area contributed by atoms with Gasteiger partial charge in [0.25, 0.3) is 0 Å². The van der Waals surface area contributed by atoms with E-state index in [1.165, 1.54) is 29.7 Å². The van der Waals surface area contributed by atoms with Gasteiger partial charge < -0.3 is 5.11 Å². The number of hydrogen-bond acceptors (Lipinski definition) is 4. The molecule has 0 saturated carbocycles. The van der Waals surface area contributed by atoms with E-state index in [0.717, 1.165) is 11.8 Å². The summed E-state index contributed by atoms with van der Waals surface area (Å²) in [6, 6.07) is 6.38. The monoisotopic (exact) mass is 233 g/mol. The standard InChI is InChI=1S/C11H7NO3S/c13-6-9-5-12-10(16-9)7-1-3-8(4-2-7)11(14)15/h1-6H,(H,14,15). The molecule has 0 radical (unpaired) electrons. The van der Waals surface area contributed by atoms with Gasteiger partial charge in [0.15, 0.2) is 6.29 Å². The van der Waals surface area contributed by atoms with Crippen molar-refractivity contribution >= 4 is 23.6 Å². The molecule has 1 aromatic heterocycles. The molecular weight excluding hydrogens is 226 g/mol. The third kappa shape index (κ3) is 1.99. The van der Waals surface area contributed by atoms with Crippen LogP contribution >= 0.6 is 11.3 Å². The molecule has 0 aliphatic carbocycles. The largest absolute Gasteiger partial charge is 0.478 e. The first kappa shape index (κ1) is 10.5. The Morgan fingerprint density at radius 2 is 2.00 bits per heavy atom. The number of carboxylic acid groups (broad SMARTS) is 1. The van der Waals surface area contributed by atoms with Gasteiger partial charge in [-0.25, -0.2) is 9.78 Å². The Labute approximate surface area is 95.2 Å². The molecule has 0 atom stereocenters. The lowest BCUT2D eigenvalue weighted by Gasteiger charge is -1.97. The Bertz CT molecular complexity index is 530. The summed E-state index contributed by atoms with van der Waals surface area (Å²) in [5.41, 5.74) is 1.04. The van der Waals surface area contributed by atoms with Crippen molar-refractivity contribution < 1.29 is 14.7 Å². The quantitative estimate of drug-likeness (QED) is 0.826. The predicted octanol–water partition coefficient (Wildman–Crippen LogP) is 2.32. The van der Waals surface area contributed by atoms with Crippen LogP contribution in [0.4, 0.5) is 0 Å². The number of thiazole rings is 1. The highest BCUT2D eigenvalue weighted by Crippen LogP contribution is 2.24. The molecule has 0 aliphatic heterocycles. The second-order valence-corrected chi connectivity index (χ2v) is 4.13. The third-order valence-electron chi connectivity index (χ3n) is 2.02. The lowest BCUT2D eigenvalue weighted by atomic mass is 10.1. The van der Waals surface area contributed by atoms with E-state index in [1.807, 2.05) is 0 Å². The molecule has 0 aliphatic rings. The van der Waals surface area contributed by atoms with Crippen molar-refractivity contribution in [2.45, 2.75) is 0 Å². The summed E-state index contributed by atoms with van der Waals surface area (Å²) in [6.45, 7) is 0. The zero-order valence-electron chi connectivity index (χ0n) is 8.08. The van der Waals surface area contributed by atoms with Crippen molar-refractivity contribution in [3.05, 3.63) is 40.9 Å². The fourth-order valence-electron chi connectivity index (χ4n) is 1.23. The average Bonchev–Trinajstić information content (AvgIpc) is 2.77. The number of carbonyl (C=O) groups is 2. The second-order valence-electron chi connectivity index (χ2n) is 3.07. The van der Waals surface area contributed by atoms with Gasteiger partial charge in [-0.05, 0) is 12.1 Å². The van der Waals surface area contributed by atoms with Crippen molar-refractivity contribution in [2.24, 2.45) is 0 Å². The minimum atomic E-state index is -0.959. The Balaban J connectivity index is 2.34. The summed E-state index contributed by atoms with van der Waals surface area (Å²) < 4.78 is 0. The van der Waals surface area contributed by atoms with Crippen molar-refractivity contribution in [1.82, 2.24) is 4.98 Å². The molecule has 1 heterocycles. The zero-order chi connectivity index (χ0) is 11.5. The molecule has 0 amide bonds. The topological polar surface area (TPSA) is 67.3 Å². The van der Waals surface area contributed by atoms with Crippen LogP contribution in [-0.4, -0.2) is 22.3 Å². The predicted molar refractivity (Wildman–Crippen MR) is 59.9 cm³/mol. The molecule has 0 saturated heterocycles. The number of aromatic nitrogens is 1. The van der Waals surface area contributed by atoms with Crippen molar-refractivity contribution in [3.63, 3.8) is 0 Å². The second kappa shape index (κ2) is 4.24. The number of carboxylic acids is 1. The Kier molecular flexibility index (Phi) is 2.78. The van der Waals surface area contributed by atoms with Crippen LogP contribution in [0.5, 0.6) is 0 Å². The Morgan fingerprint density at radius 3 is 2.50 bits per heavy atom. The van der Waals surface area contributed by atoms with E-state index in [4.69, 9.17) is 5.11 Å². The fourth-order valence-corrected chi connectivity index (χ4v) is 1.97. The number of carbonyl (C=O) groups excluding carboxylic acids is 1.